The van der Waals surface area contributed by atoms with Crippen LogP contribution in [0.25, 0.3) is 11.0 Å². The number of hydrogen-bond acceptors (Lipinski definition) is 4. The molecular weight excluding hydrogens is 364 g/mol. The molecule has 4 aromatic rings. The third-order valence-electron chi connectivity index (χ3n) is 4.87. The molecule has 4 rings (SSSR count). The van der Waals surface area contributed by atoms with E-state index in [1.807, 2.05) is 42.5 Å². The minimum Gasteiger partial charge on any atom is -0.497 e. The van der Waals surface area contributed by atoms with Gasteiger partial charge in [-0.2, -0.15) is 0 Å². The van der Waals surface area contributed by atoms with Crippen LogP contribution in [-0.2, 0) is 13.1 Å². The number of nitrogens with zero attached hydrogens (tertiary/aromatic N) is 4. The van der Waals surface area contributed by atoms with E-state index in [4.69, 9.17) is 9.72 Å². The van der Waals surface area contributed by atoms with E-state index in [0.717, 1.165) is 28.2 Å². The van der Waals surface area contributed by atoms with Crippen molar-refractivity contribution in [1.29, 1.82) is 0 Å². The molecular formula is C23H22N4O2. The number of carbonyl (C=O) groups is 1. The van der Waals surface area contributed by atoms with Gasteiger partial charge >= 0.3 is 0 Å². The summed E-state index contributed by atoms with van der Waals surface area (Å²) < 4.78 is 7.41. The first kappa shape index (κ1) is 18.7. The molecule has 0 spiro atoms. The number of imidazole rings is 1. The van der Waals surface area contributed by atoms with Gasteiger partial charge in [0.15, 0.2) is 0 Å². The van der Waals surface area contributed by atoms with Crippen LogP contribution >= 0.6 is 0 Å². The maximum absolute atomic E-state index is 12.7. The molecule has 29 heavy (non-hydrogen) atoms. The molecule has 0 unspecified atom stereocenters. The van der Waals surface area contributed by atoms with Gasteiger partial charge < -0.3 is 14.2 Å². The molecule has 0 saturated heterocycles. The first-order valence-corrected chi connectivity index (χ1v) is 9.38. The lowest BCUT2D eigenvalue weighted by Crippen LogP contribution is -2.28. The van der Waals surface area contributed by atoms with Crippen LogP contribution < -0.4 is 4.74 Å². The average molecular weight is 386 g/mol. The van der Waals surface area contributed by atoms with Crippen LogP contribution in [0.15, 0.2) is 73.1 Å². The fourth-order valence-electron chi connectivity index (χ4n) is 3.33. The van der Waals surface area contributed by atoms with E-state index >= 15 is 0 Å². The van der Waals surface area contributed by atoms with Crippen molar-refractivity contribution in [2.75, 3.05) is 14.2 Å². The summed E-state index contributed by atoms with van der Waals surface area (Å²) in [6, 6.07) is 19.5. The van der Waals surface area contributed by atoms with Crippen LogP contribution in [0.5, 0.6) is 5.75 Å². The number of para-hydroxylation sites is 2. The Morgan fingerprint density at radius 2 is 1.86 bits per heavy atom. The number of rotatable bonds is 6. The number of pyridine rings is 1. The average Bonchev–Trinajstić information content (AvgIpc) is 3.11. The van der Waals surface area contributed by atoms with Crippen LogP contribution in [0.1, 0.15) is 21.7 Å². The van der Waals surface area contributed by atoms with Crippen molar-refractivity contribution in [2.45, 2.75) is 13.1 Å². The van der Waals surface area contributed by atoms with Crippen LogP contribution in [0, 0.1) is 0 Å². The van der Waals surface area contributed by atoms with Gasteiger partial charge in [-0.05, 0) is 42.0 Å². The molecule has 0 N–H and O–H groups in total. The standard InChI is InChI=1S/C23H22N4O2/c1-26(23(28)18-6-5-13-24-14-18)16-22-25-20-7-3-4-8-21(20)27(22)15-17-9-11-19(29-2)12-10-17/h3-14H,15-16H2,1-2H3. The molecule has 2 heterocycles. The molecule has 0 aliphatic carbocycles. The zero-order valence-electron chi connectivity index (χ0n) is 16.4. The third kappa shape index (κ3) is 3.96. The first-order chi connectivity index (χ1) is 14.2. The van der Waals surface area contributed by atoms with Gasteiger partial charge in [0.1, 0.15) is 11.6 Å². The minimum atomic E-state index is -0.0823. The second kappa shape index (κ2) is 8.14. The highest BCUT2D eigenvalue weighted by atomic mass is 16.5. The van der Waals surface area contributed by atoms with Gasteiger partial charge in [-0.15, -0.1) is 0 Å². The van der Waals surface area contributed by atoms with Crippen molar-refractivity contribution in [3.05, 3.63) is 90.0 Å². The second-order valence-electron chi connectivity index (χ2n) is 6.85. The van der Waals surface area contributed by atoms with Gasteiger partial charge in [-0.25, -0.2) is 4.98 Å². The Bertz CT molecular complexity index is 1120. The maximum Gasteiger partial charge on any atom is 0.255 e. The first-order valence-electron chi connectivity index (χ1n) is 9.38. The van der Waals surface area contributed by atoms with Crippen LogP contribution in [0.4, 0.5) is 0 Å². The molecule has 2 aromatic carbocycles. The molecule has 2 aromatic heterocycles. The van der Waals surface area contributed by atoms with E-state index in [-0.39, 0.29) is 5.91 Å². The van der Waals surface area contributed by atoms with Crippen molar-refractivity contribution >= 4 is 16.9 Å². The lowest BCUT2D eigenvalue weighted by molar-refractivity contribution is 0.0780. The van der Waals surface area contributed by atoms with Gasteiger partial charge in [0.2, 0.25) is 0 Å². The number of carbonyl (C=O) groups excluding carboxylic acids is 1. The molecule has 6 nitrogen and oxygen atoms in total. The Balaban J connectivity index is 1.64. The summed E-state index contributed by atoms with van der Waals surface area (Å²) in [7, 11) is 3.44. The number of aromatic nitrogens is 3. The number of ether oxygens (including phenoxy) is 1. The summed E-state index contributed by atoms with van der Waals surface area (Å²) in [5.74, 6) is 1.58. The van der Waals surface area contributed by atoms with Crippen LogP contribution in [-0.4, -0.2) is 39.5 Å². The molecule has 0 bridgehead atoms. The maximum atomic E-state index is 12.7. The molecule has 0 saturated carbocycles. The summed E-state index contributed by atoms with van der Waals surface area (Å²) >= 11 is 0. The van der Waals surface area contributed by atoms with E-state index in [1.54, 1.807) is 43.6 Å². The van der Waals surface area contributed by atoms with Gasteiger partial charge in [0.05, 0.1) is 30.3 Å². The molecule has 0 aliphatic heterocycles. The lowest BCUT2D eigenvalue weighted by Gasteiger charge is -2.18. The fourth-order valence-corrected chi connectivity index (χ4v) is 3.33. The van der Waals surface area contributed by atoms with E-state index in [0.29, 0.717) is 18.7 Å². The summed E-state index contributed by atoms with van der Waals surface area (Å²) in [6.07, 6.45) is 3.24. The molecule has 0 fully saturated rings. The van der Waals surface area contributed by atoms with E-state index in [2.05, 4.69) is 15.6 Å². The monoisotopic (exact) mass is 386 g/mol. The highest BCUT2D eigenvalue weighted by molar-refractivity contribution is 5.93. The van der Waals surface area contributed by atoms with Crippen molar-refractivity contribution in [3.63, 3.8) is 0 Å². The van der Waals surface area contributed by atoms with Crippen molar-refractivity contribution in [3.8, 4) is 5.75 Å². The second-order valence-corrected chi connectivity index (χ2v) is 6.85. The number of amides is 1. The molecule has 146 valence electrons. The minimum absolute atomic E-state index is 0.0823. The van der Waals surface area contributed by atoms with Gasteiger partial charge in [-0.1, -0.05) is 24.3 Å². The Hall–Kier alpha value is -3.67. The van der Waals surface area contributed by atoms with Crippen molar-refractivity contribution < 1.29 is 9.53 Å². The van der Waals surface area contributed by atoms with E-state index in [9.17, 15) is 4.79 Å². The van der Waals surface area contributed by atoms with Gasteiger partial charge in [0.25, 0.3) is 5.91 Å². The smallest absolute Gasteiger partial charge is 0.255 e. The number of methoxy groups -OCH3 is 1. The van der Waals surface area contributed by atoms with Crippen molar-refractivity contribution in [1.82, 2.24) is 19.4 Å². The van der Waals surface area contributed by atoms with Gasteiger partial charge in [0, 0.05) is 26.0 Å². The Kier molecular flexibility index (Phi) is 5.24. The SMILES string of the molecule is COc1ccc(Cn2c(CN(C)C(=O)c3cccnc3)nc3ccccc32)cc1. The number of hydrogen-bond donors (Lipinski definition) is 0. The predicted molar refractivity (Wildman–Crippen MR) is 112 cm³/mol. The molecule has 0 aliphatic rings. The van der Waals surface area contributed by atoms with E-state index < -0.39 is 0 Å². The molecule has 1 amide bonds. The molecule has 6 heteroatoms. The third-order valence-corrected chi connectivity index (χ3v) is 4.87. The lowest BCUT2D eigenvalue weighted by atomic mass is 10.2. The normalized spacial score (nSPS) is 10.8. The summed E-state index contributed by atoms with van der Waals surface area (Å²) in [6.45, 7) is 1.06. The molecule has 0 atom stereocenters. The highest BCUT2D eigenvalue weighted by Gasteiger charge is 2.17. The number of benzene rings is 2. The largest absolute Gasteiger partial charge is 0.497 e. The topological polar surface area (TPSA) is 60.2 Å². The van der Waals surface area contributed by atoms with Crippen molar-refractivity contribution in [2.24, 2.45) is 0 Å². The Morgan fingerprint density at radius 3 is 2.59 bits per heavy atom. The van der Waals surface area contributed by atoms with Gasteiger partial charge in [-0.3, -0.25) is 9.78 Å². The summed E-state index contributed by atoms with van der Waals surface area (Å²) in [5, 5.41) is 0. The Morgan fingerprint density at radius 1 is 1.07 bits per heavy atom. The molecule has 0 radical (unpaired) electrons. The number of fused-ring (bicyclic) bond motifs is 1. The van der Waals surface area contributed by atoms with E-state index in [1.165, 1.54) is 0 Å². The zero-order chi connectivity index (χ0) is 20.2. The quantitative estimate of drug-likeness (QED) is 0.506. The predicted octanol–water partition coefficient (Wildman–Crippen LogP) is 3.76. The zero-order valence-corrected chi connectivity index (χ0v) is 16.4. The Labute approximate surface area is 169 Å². The van der Waals surface area contributed by atoms with Crippen LogP contribution in [0.2, 0.25) is 0 Å². The fraction of sp³-hybridized carbons (Fsp3) is 0.174. The summed E-state index contributed by atoms with van der Waals surface area (Å²) in [5.41, 5.74) is 3.66. The van der Waals surface area contributed by atoms with Crippen LogP contribution in [0.3, 0.4) is 0 Å². The summed E-state index contributed by atoms with van der Waals surface area (Å²) in [4.78, 5) is 23.2. The highest BCUT2D eigenvalue weighted by Crippen LogP contribution is 2.20.